The van der Waals surface area contributed by atoms with E-state index >= 15 is 0 Å². The van der Waals surface area contributed by atoms with Crippen LogP contribution in [0.2, 0.25) is 0 Å². The summed E-state index contributed by atoms with van der Waals surface area (Å²) >= 11 is 0. The minimum atomic E-state index is -0.605. The lowest BCUT2D eigenvalue weighted by molar-refractivity contribution is -0.144. The molecular weight excluding hydrogens is 242 g/mol. The summed E-state index contributed by atoms with van der Waals surface area (Å²) in [4.78, 5) is 23.0. The largest absolute Gasteiger partial charge is 0.467 e. The molecule has 19 heavy (non-hydrogen) atoms. The summed E-state index contributed by atoms with van der Waals surface area (Å²) < 4.78 is 4.57. The SMILES string of the molecule is COC(=O)[C@H](C)NC(=O)Cc1ccc2c(c1)CCC2. The summed E-state index contributed by atoms with van der Waals surface area (Å²) in [6.07, 6.45) is 3.74. The number of hydrogen-bond acceptors (Lipinski definition) is 3. The number of carbonyl (C=O) groups excluding carboxylic acids is 2. The van der Waals surface area contributed by atoms with Gasteiger partial charge in [0, 0.05) is 0 Å². The van der Waals surface area contributed by atoms with Gasteiger partial charge in [0.25, 0.3) is 0 Å². The number of benzene rings is 1. The van der Waals surface area contributed by atoms with Crippen LogP contribution < -0.4 is 5.32 Å². The molecule has 0 radical (unpaired) electrons. The summed E-state index contributed by atoms with van der Waals surface area (Å²) in [5.74, 6) is -0.585. The third-order valence-electron chi connectivity index (χ3n) is 3.46. The molecule has 0 spiro atoms. The van der Waals surface area contributed by atoms with Crippen LogP contribution in [0.1, 0.15) is 30.0 Å². The predicted octanol–water partition coefficient (Wildman–Crippen LogP) is 1.40. The summed E-state index contributed by atoms with van der Waals surface area (Å²) in [6, 6.07) is 5.60. The molecule has 0 unspecified atom stereocenters. The molecule has 1 amide bonds. The molecule has 0 fully saturated rings. The second kappa shape index (κ2) is 5.87. The Morgan fingerprint density at radius 1 is 1.32 bits per heavy atom. The maximum absolute atomic E-state index is 11.8. The molecule has 4 heteroatoms. The highest BCUT2D eigenvalue weighted by atomic mass is 16.5. The Labute approximate surface area is 113 Å². The number of carbonyl (C=O) groups is 2. The van der Waals surface area contributed by atoms with Gasteiger partial charge in [-0.2, -0.15) is 0 Å². The van der Waals surface area contributed by atoms with Gasteiger partial charge in [0.1, 0.15) is 6.04 Å². The molecule has 1 aliphatic rings. The second-order valence-corrected chi connectivity index (χ2v) is 4.95. The molecule has 0 saturated heterocycles. The van der Waals surface area contributed by atoms with Gasteiger partial charge in [-0.05, 0) is 42.9 Å². The first-order chi connectivity index (χ1) is 9.10. The molecular formula is C15H19NO3. The second-order valence-electron chi connectivity index (χ2n) is 4.95. The smallest absolute Gasteiger partial charge is 0.328 e. The molecule has 1 N–H and O–H groups in total. The van der Waals surface area contributed by atoms with Crippen molar-refractivity contribution in [1.29, 1.82) is 0 Å². The number of esters is 1. The minimum Gasteiger partial charge on any atom is -0.467 e. The monoisotopic (exact) mass is 261 g/mol. The van der Waals surface area contributed by atoms with Crippen molar-refractivity contribution >= 4 is 11.9 Å². The van der Waals surface area contributed by atoms with E-state index in [4.69, 9.17) is 0 Å². The van der Waals surface area contributed by atoms with E-state index < -0.39 is 12.0 Å². The third-order valence-corrected chi connectivity index (χ3v) is 3.46. The van der Waals surface area contributed by atoms with Gasteiger partial charge in [-0.3, -0.25) is 4.79 Å². The van der Waals surface area contributed by atoms with Crippen LogP contribution in [0.25, 0.3) is 0 Å². The molecule has 0 aromatic heterocycles. The molecule has 4 nitrogen and oxygen atoms in total. The molecule has 2 rings (SSSR count). The summed E-state index contributed by atoms with van der Waals surface area (Å²) in [5.41, 5.74) is 3.74. The Morgan fingerprint density at radius 2 is 2.05 bits per heavy atom. The summed E-state index contributed by atoms with van der Waals surface area (Å²) in [5, 5.41) is 2.63. The molecule has 0 heterocycles. The summed E-state index contributed by atoms with van der Waals surface area (Å²) in [6.45, 7) is 1.62. The zero-order valence-electron chi connectivity index (χ0n) is 11.4. The van der Waals surface area contributed by atoms with Gasteiger partial charge in [-0.15, -0.1) is 0 Å². The Balaban J connectivity index is 1.94. The lowest BCUT2D eigenvalue weighted by Crippen LogP contribution is -2.39. The lowest BCUT2D eigenvalue weighted by atomic mass is 10.0. The number of hydrogen-bond donors (Lipinski definition) is 1. The van der Waals surface area contributed by atoms with Crippen LogP contribution in [0, 0.1) is 0 Å². The molecule has 1 aromatic rings. The molecule has 0 aliphatic heterocycles. The molecule has 0 saturated carbocycles. The van der Waals surface area contributed by atoms with Crippen molar-refractivity contribution in [3.8, 4) is 0 Å². The van der Waals surface area contributed by atoms with Crippen molar-refractivity contribution in [3.63, 3.8) is 0 Å². The molecule has 1 aliphatic carbocycles. The van der Waals surface area contributed by atoms with Gasteiger partial charge in [-0.1, -0.05) is 18.2 Å². The average molecular weight is 261 g/mol. The van der Waals surface area contributed by atoms with Crippen molar-refractivity contribution in [1.82, 2.24) is 5.32 Å². The van der Waals surface area contributed by atoms with Crippen LogP contribution in [0.4, 0.5) is 0 Å². The minimum absolute atomic E-state index is 0.157. The van der Waals surface area contributed by atoms with Gasteiger partial charge in [0.05, 0.1) is 13.5 Å². The Morgan fingerprint density at radius 3 is 2.79 bits per heavy atom. The van der Waals surface area contributed by atoms with Crippen molar-refractivity contribution in [3.05, 3.63) is 34.9 Å². The van der Waals surface area contributed by atoms with Crippen LogP contribution in [-0.2, 0) is 33.6 Å². The highest BCUT2D eigenvalue weighted by molar-refractivity contribution is 5.85. The quantitative estimate of drug-likeness (QED) is 0.833. The van der Waals surface area contributed by atoms with E-state index in [0.717, 1.165) is 18.4 Å². The fourth-order valence-corrected chi connectivity index (χ4v) is 2.45. The number of aryl methyl sites for hydroxylation is 2. The first-order valence-electron chi connectivity index (χ1n) is 6.58. The van der Waals surface area contributed by atoms with Crippen LogP contribution in [0.15, 0.2) is 18.2 Å². The third kappa shape index (κ3) is 3.34. The maximum atomic E-state index is 11.8. The van der Waals surface area contributed by atoms with Crippen molar-refractivity contribution in [2.45, 2.75) is 38.6 Å². The van der Waals surface area contributed by atoms with Crippen molar-refractivity contribution in [2.24, 2.45) is 0 Å². The van der Waals surface area contributed by atoms with E-state index in [1.54, 1.807) is 6.92 Å². The number of rotatable bonds is 4. The van der Waals surface area contributed by atoms with Crippen LogP contribution in [0.3, 0.4) is 0 Å². The fourth-order valence-electron chi connectivity index (χ4n) is 2.45. The molecule has 0 bridgehead atoms. The number of nitrogens with one attached hydrogen (secondary N) is 1. The van der Waals surface area contributed by atoms with Crippen LogP contribution in [0.5, 0.6) is 0 Å². The Hall–Kier alpha value is -1.84. The topological polar surface area (TPSA) is 55.4 Å². The summed E-state index contributed by atoms with van der Waals surface area (Å²) in [7, 11) is 1.31. The number of methoxy groups -OCH3 is 1. The van der Waals surface area contributed by atoms with Gasteiger partial charge < -0.3 is 10.1 Å². The van der Waals surface area contributed by atoms with E-state index in [0.29, 0.717) is 6.42 Å². The van der Waals surface area contributed by atoms with E-state index in [9.17, 15) is 9.59 Å². The standard InChI is InChI=1S/C15H19NO3/c1-10(15(18)19-2)16-14(17)9-11-6-7-12-4-3-5-13(12)8-11/h6-8,10H,3-5,9H2,1-2H3,(H,16,17)/t10-/m0/s1. The van der Waals surface area contributed by atoms with E-state index in [1.807, 2.05) is 6.07 Å². The lowest BCUT2D eigenvalue weighted by Gasteiger charge is -2.11. The molecule has 1 aromatic carbocycles. The zero-order chi connectivity index (χ0) is 13.8. The highest BCUT2D eigenvalue weighted by Gasteiger charge is 2.17. The van der Waals surface area contributed by atoms with Gasteiger partial charge in [0.2, 0.25) is 5.91 Å². The number of amides is 1. The molecule has 102 valence electrons. The normalized spacial score (nSPS) is 14.6. The van der Waals surface area contributed by atoms with Gasteiger partial charge in [-0.25, -0.2) is 4.79 Å². The highest BCUT2D eigenvalue weighted by Crippen LogP contribution is 2.22. The van der Waals surface area contributed by atoms with Gasteiger partial charge >= 0.3 is 5.97 Å². The fraction of sp³-hybridized carbons (Fsp3) is 0.467. The van der Waals surface area contributed by atoms with Gasteiger partial charge in [0.15, 0.2) is 0 Å². The van der Waals surface area contributed by atoms with E-state index in [2.05, 4.69) is 22.2 Å². The number of fused-ring (bicyclic) bond motifs is 1. The first-order valence-corrected chi connectivity index (χ1v) is 6.58. The van der Waals surface area contributed by atoms with E-state index in [-0.39, 0.29) is 5.91 Å². The first kappa shape index (κ1) is 13.6. The van der Waals surface area contributed by atoms with E-state index in [1.165, 1.54) is 24.7 Å². The Kier molecular flexibility index (Phi) is 4.20. The van der Waals surface area contributed by atoms with Crippen LogP contribution in [-0.4, -0.2) is 25.0 Å². The van der Waals surface area contributed by atoms with Crippen molar-refractivity contribution in [2.75, 3.05) is 7.11 Å². The number of ether oxygens (including phenoxy) is 1. The molecule has 1 atom stereocenters. The zero-order valence-corrected chi connectivity index (χ0v) is 11.4. The Bertz CT molecular complexity index is 496. The van der Waals surface area contributed by atoms with Crippen LogP contribution >= 0.6 is 0 Å². The average Bonchev–Trinajstić information content (AvgIpc) is 2.84. The predicted molar refractivity (Wildman–Crippen MR) is 71.8 cm³/mol. The van der Waals surface area contributed by atoms with Crippen molar-refractivity contribution < 1.29 is 14.3 Å². The maximum Gasteiger partial charge on any atom is 0.328 e.